The Morgan fingerprint density at radius 3 is 1.37 bits per heavy atom. The molecule has 0 radical (unpaired) electrons. The summed E-state index contributed by atoms with van der Waals surface area (Å²) in [5, 5.41) is 13.7. The lowest BCUT2D eigenvalue weighted by atomic mass is 10.1. The van der Waals surface area contributed by atoms with Crippen molar-refractivity contribution in [1.29, 1.82) is 0 Å². The molecule has 68 heavy (non-hydrogen) atoms. The standard InChI is InChI=1S/C59H97N2O6P/c1-6-8-10-12-14-16-17-18-19-20-21-22-23-24-25-26-27-28-29-30-31-32-33-34-35-36-37-38-39-40-41-42-43-45-47-49-51-53-59(63)60-57(56-67-68(64,65)66-55-54-61(3,4)5)58(62)52-50-48-46-44-15-13-11-9-7-2/h7-10,14-16,18-19,21-22,24-25,27-28,30-31,33-34,36-37,44,50,52,57-58,62H,6,11-13,17,20,23,26,29,32,35,38-43,45-49,51,53-56H2,1-5H3,(H-,60,63,64,65)/b9-7+,10-8-,16-14-,19-18-,22-21-,25-24-,28-27-,31-30-,34-33-,37-36-,44-15+,52-50+. The zero-order valence-electron chi connectivity index (χ0n) is 43.5. The topological polar surface area (TPSA) is 108 Å². The minimum Gasteiger partial charge on any atom is -0.756 e. The highest BCUT2D eigenvalue weighted by molar-refractivity contribution is 7.45. The van der Waals surface area contributed by atoms with Crippen LogP contribution in [0, 0.1) is 0 Å². The van der Waals surface area contributed by atoms with E-state index in [0.717, 1.165) is 116 Å². The number of nitrogens with one attached hydrogen (secondary N) is 1. The smallest absolute Gasteiger partial charge is 0.268 e. The van der Waals surface area contributed by atoms with E-state index in [1.165, 1.54) is 32.1 Å². The number of quaternary nitrogens is 1. The third-order valence-electron chi connectivity index (χ3n) is 10.6. The average molecular weight is 961 g/mol. The summed E-state index contributed by atoms with van der Waals surface area (Å²) in [6.07, 6.45) is 75.3. The van der Waals surface area contributed by atoms with Crippen LogP contribution >= 0.6 is 7.82 Å². The lowest BCUT2D eigenvalue weighted by Crippen LogP contribution is -2.45. The molecule has 0 saturated carbocycles. The van der Waals surface area contributed by atoms with Gasteiger partial charge < -0.3 is 28.8 Å². The predicted octanol–water partition coefficient (Wildman–Crippen LogP) is 15.1. The number of unbranched alkanes of at least 4 members (excludes halogenated alkanes) is 11. The third kappa shape index (κ3) is 50.3. The maximum absolute atomic E-state index is 12.9. The van der Waals surface area contributed by atoms with Gasteiger partial charge in [-0.15, -0.1) is 0 Å². The zero-order chi connectivity index (χ0) is 49.9. The quantitative estimate of drug-likeness (QED) is 0.0272. The number of phosphoric acid groups is 1. The lowest BCUT2D eigenvalue weighted by Gasteiger charge is -2.29. The van der Waals surface area contributed by atoms with Gasteiger partial charge in [-0.05, 0) is 110 Å². The van der Waals surface area contributed by atoms with Gasteiger partial charge in [0.25, 0.3) is 7.82 Å². The molecule has 3 unspecified atom stereocenters. The number of hydrogen-bond acceptors (Lipinski definition) is 6. The number of nitrogens with zero attached hydrogens (tertiary/aromatic N) is 1. The van der Waals surface area contributed by atoms with Crippen molar-refractivity contribution in [2.75, 3.05) is 40.9 Å². The molecule has 0 aromatic heterocycles. The molecule has 0 aromatic rings. The molecule has 0 spiro atoms. The highest BCUT2D eigenvalue weighted by atomic mass is 31.2. The van der Waals surface area contributed by atoms with Crippen molar-refractivity contribution < 1.29 is 32.9 Å². The molecule has 1 amide bonds. The highest BCUT2D eigenvalue weighted by Crippen LogP contribution is 2.38. The molecular formula is C59H97N2O6P. The average Bonchev–Trinajstić information content (AvgIpc) is 3.30. The summed E-state index contributed by atoms with van der Waals surface area (Å²) in [5.41, 5.74) is 0. The van der Waals surface area contributed by atoms with Gasteiger partial charge in [0.2, 0.25) is 5.91 Å². The van der Waals surface area contributed by atoms with Crippen LogP contribution in [0.15, 0.2) is 146 Å². The van der Waals surface area contributed by atoms with Crippen LogP contribution in [0.3, 0.4) is 0 Å². The molecule has 0 fully saturated rings. The Morgan fingerprint density at radius 1 is 0.544 bits per heavy atom. The van der Waals surface area contributed by atoms with E-state index in [0.29, 0.717) is 17.4 Å². The van der Waals surface area contributed by atoms with Gasteiger partial charge in [0.1, 0.15) is 13.2 Å². The number of carbonyl (C=O) groups excluding carboxylic acids is 1. The van der Waals surface area contributed by atoms with Crippen molar-refractivity contribution in [3.8, 4) is 0 Å². The molecule has 384 valence electrons. The first-order chi connectivity index (χ1) is 33.0. The second kappa shape index (κ2) is 48.4. The Hall–Kier alpha value is -3.62. The van der Waals surface area contributed by atoms with Gasteiger partial charge in [-0.25, -0.2) is 0 Å². The Bertz CT molecular complexity index is 1610. The number of aliphatic hydroxyl groups excluding tert-OH is 1. The van der Waals surface area contributed by atoms with E-state index in [1.807, 2.05) is 40.2 Å². The fourth-order valence-electron chi connectivity index (χ4n) is 6.53. The third-order valence-corrected chi connectivity index (χ3v) is 11.6. The number of carbonyl (C=O) groups is 1. The van der Waals surface area contributed by atoms with Crippen LogP contribution < -0.4 is 10.2 Å². The van der Waals surface area contributed by atoms with Crippen LogP contribution in [0.1, 0.15) is 168 Å². The summed E-state index contributed by atoms with van der Waals surface area (Å²) in [6, 6.07) is -0.921. The lowest BCUT2D eigenvalue weighted by molar-refractivity contribution is -0.870. The zero-order valence-corrected chi connectivity index (χ0v) is 44.4. The molecule has 0 aliphatic carbocycles. The van der Waals surface area contributed by atoms with Crippen LogP contribution in [-0.4, -0.2) is 68.5 Å². The van der Waals surface area contributed by atoms with Crippen molar-refractivity contribution >= 4 is 13.7 Å². The summed E-state index contributed by atoms with van der Waals surface area (Å²) in [7, 11) is 1.20. The number of phosphoric ester groups is 1. The van der Waals surface area contributed by atoms with Gasteiger partial charge in [0.05, 0.1) is 39.9 Å². The number of likely N-dealkylation sites (N-methyl/N-ethyl adjacent to an activating group) is 1. The monoisotopic (exact) mass is 961 g/mol. The van der Waals surface area contributed by atoms with E-state index >= 15 is 0 Å². The SMILES string of the molecule is C/C=C/CC/C=C/CC/C=C/C(O)C(COP(=O)([O-])OCC[N+](C)(C)C)NC(=O)CCCCCCCCCCC/C=C\C/C=C\C/C=C\C/C=C\C/C=C\C/C=C\C/C=C\C/C=C\C/C=C\CC. The van der Waals surface area contributed by atoms with Gasteiger partial charge in [-0.2, -0.15) is 0 Å². The number of amides is 1. The molecule has 3 atom stereocenters. The van der Waals surface area contributed by atoms with Gasteiger partial charge >= 0.3 is 0 Å². The molecule has 0 saturated heterocycles. The van der Waals surface area contributed by atoms with Crippen LogP contribution in [0.4, 0.5) is 0 Å². The summed E-state index contributed by atoms with van der Waals surface area (Å²) in [4.78, 5) is 25.3. The maximum Gasteiger partial charge on any atom is 0.268 e. The fourth-order valence-corrected chi connectivity index (χ4v) is 7.26. The Balaban J connectivity index is 4.10. The molecule has 0 bridgehead atoms. The van der Waals surface area contributed by atoms with E-state index < -0.39 is 26.6 Å². The molecule has 0 aromatic carbocycles. The van der Waals surface area contributed by atoms with Gasteiger partial charge in [0.15, 0.2) is 0 Å². The van der Waals surface area contributed by atoms with Gasteiger partial charge in [-0.1, -0.05) is 198 Å². The molecule has 9 heteroatoms. The Kier molecular flexibility index (Phi) is 45.8. The summed E-state index contributed by atoms with van der Waals surface area (Å²) in [6.45, 7) is 4.22. The Labute approximate surface area is 417 Å². The largest absolute Gasteiger partial charge is 0.756 e. The van der Waals surface area contributed by atoms with E-state index in [-0.39, 0.29) is 12.5 Å². The van der Waals surface area contributed by atoms with Crippen molar-refractivity contribution in [2.24, 2.45) is 0 Å². The summed E-state index contributed by atoms with van der Waals surface area (Å²) >= 11 is 0. The summed E-state index contributed by atoms with van der Waals surface area (Å²) < 4.78 is 23.1. The number of rotatable bonds is 45. The van der Waals surface area contributed by atoms with Crippen LogP contribution in [0.5, 0.6) is 0 Å². The number of allylic oxidation sites excluding steroid dienone is 23. The van der Waals surface area contributed by atoms with E-state index in [9.17, 15) is 19.4 Å². The number of hydrogen-bond donors (Lipinski definition) is 2. The van der Waals surface area contributed by atoms with Crippen molar-refractivity contribution in [1.82, 2.24) is 5.32 Å². The van der Waals surface area contributed by atoms with Gasteiger partial charge in [0, 0.05) is 6.42 Å². The van der Waals surface area contributed by atoms with E-state index in [1.54, 1.807) is 6.08 Å². The maximum atomic E-state index is 12.9. The van der Waals surface area contributed by atoms with Crippen LogP contribution in [0.2, 0.25) is 0 Å². The predicted molar refractivity (Wildman–Crippen MR) is 292 cm³/mol. The molecule has 2 N–H and O–H groups in total. The second-order valence-corrected chi connectivity index (χ2v) is 19.5. The fraction of sp³-hybridized carbons (Fsp3) is 0.576. The molecule has 0 heterocycles. The van der Waals surface area contributed by atoms with Crippen LogP contribution in [-0.2, 0) is 18.4 Å². The van der Waals surface area contributed by atoms with Crippen molar-refractivity contribution in [3.05, 3.63) is 146 Å². The first kappa shape index (κ1) is 64.4. The second-order valence-electron chi connectivity index (χ2n) is 18.1. The minimum absolute atomic E-state index is 0.0184. The van der Waals surface area contributed by atoms with Gasteiger partial charge in [-0.3, -0.25) is 9.36 Å². The van der Waals surface area contributed by atoms with Crippen molar-refractivity contribution in [3.63, 3.8) is 0 Å². The molecule has 0 rings (SSSR count). The summed E-state index contributed by atoms with van der Waals surface area (Å²) in [5.74, 6) is -0.229. The number of aliphatic hydroxyl groups is 1. The van der Waals surface area contributed by atoms with Crippen molar-refractivity contribution in [2.45, 2.75) is 180 Å². The molecule has 0 aliphatic rings. The van der Waals surface area contributed by atoms with Crippen LogP contribution in [0.25, 0.3) is 0 Å². The molecule has 8 nitrogen and oxygen atoms in total. The Morgan fingerprint density at radius 2 is 0.926 bits per heavy atom. The minimum atomic E-state index is -4.61. The molecular weight excluding hydrogens is 864 g/mol. The highest BCUT2D eigenvalue weighted by Gasteiger charge is 2.23. The first-order valence-electron chi connectivity index (χ1n) is 26.2. The molecule has 0 aliphatic heterocycles. The van der Waals surface area contributed by atoms with E-state index in [4.69, 9.17) is 9.05 Å². The van der Waals surface area contributed by atoms with E-state index in [2.05, 4.69) is 140 Å². The normalized spacial score (nSPS) is 15.2. The first-order valence-corrected chi connectivity index (χ1v) is 27.6.